The van der Waals surface area contributed by atoms with Crippen LogP contribution < -0.4 is 4.90 Å². The minimum absolute atomic E-state index is 0.331. The molecule has 1 aliphatic heterocycles. The predicted molar refractivity (Wildman–Crippen MR) is 85.1 cm³/mol. The highest BCUT2D eigenvalue weighted by atomic mass is 32.2. The Morgan fingerprint density at radius 2 is 2.30 bits per heavy atom. The fourth-order valence-electron chi connectivity index (χ4n) is 2.71. The molecule has 3 rings (SSSR count). The van der Waals surface area contributed by atoms with Gasteiger partial charge in [0.25, 0.3) is 0 Å². The first kappa shape index (κ1) is 13.3. The monoisotopic (exact) mass is 283 g/mol. The van der Waals surface area contributed by atoms with Gasteiger partial charge in [-0.1, -0.05) is 0 Å². The van der Waals surface area contributed by atoms with Crippen molar-refractivity contribution in [1.82, 2.24) is 9.97 Å². The molecular formula is C16H17N3S. The number of nitrogens with zero attached hydrogens (tertiary/aromatic N) is 3. The Hall–Kier alpha value is -1.73. The lowest BCUT2D eigenvalue weighted by Gasteiger charge is -2.31. The zero-order chi connectivity index (χ0) is 13.9. The van der Waals surface area contributed by atoms with Crippen molar-refractivity contribution in [2.45, 2.75) is 17.7 Å². The third kappa shape index (κ3) is 2.46. The van der Waals surface area contributed by atoms with Gasteiger partial charge in [-0.15, -0.1) is 24.1 Å². The van der Waals surface area contributed by atoms with Crippen LogP contribution in [0.2, 0.25) is 0 Å². The van der Waals surface area contributed by atoms with Crippen LogP contribution in [0.5, 0.6) is 0 Å². The number of fused-ring (bicyclic) bond motifs is 1. The van der Waals surface area contributed by atoms with Crippen LogP contribution in [0, 0.1) is 18.3 Å². The van der Waals surface area contributed by atoms with Gasteiger partial charge < -0.3 is 4.90 Å². The number of anilines is 1. The normalized spacial score (nSPS) is 19.0. The first-order valence-corrected chi connectivity index (χ1v) is 8.04. The van der Waals surface area contributed by atoms with Gasteiger partial charge >= 0.3 is 0 Å². The van der Waals surface area contributed by atoms with Crippen molar-refractivity contribution in [2.24, 2.45) is 5.92 Å². The molecule has 2 heterocycles. The first-order chi connectivity index (χ1) is 9.81. The van der Waals surface area contributed by atoms with Crippen molar-refractivity contribution in [3.05, 3.63) is 24.5 Å². The van der Waals surface area contributed by atoms with Gasteiger partial charge in [0.05, 0.1) is 5.52 Å². The van der Waals surface area contributed by atoms with Crippen molar-refractivity contribution in [2.75, 3.05) is 24.2 Å². The summed E-state index contributed by atoms with van der Waals surface area (Å²) in [6, 6.07) is 6.34. The molecule has 1 aromatic heterocycles. The van der Waals surface area contributed by atoms with Crippen molar-refractivity contribution >= 4 is 28.5 Å². The van der Waals surface area contributed by atoms with Crippen LogP contribution in [0.15, 0.2) is 29.4 Å². The van der Waals surface area contributed by atoms with E-state index in [9.17, 15) is 0 Å². The molecule has 4 heteroatoms. The van der Waals surface area contributed by atoms with E-state index in [2.05, 4.69) is 45.2 Å². The number of rotatable bonds is 2. The second-order valence-electron chi connectivity index (χ2n) is 5.03. The first-order valence-electron chi connectivity index (χ1n) is 6.81. The van der Waals surface area contributed by atoms with E-state index in [-0.39, 0.29) is 0 Å². The van der Waals surface area contributed by atoms with E-state index in [0.29, 0.717) is 5.92 Å². The van der Waals surface area contributed by atoms with E-state index in [4.69, 9.17) is 6.42 Å². The highest BCUT2D eigenvalue weighted by Crippen LogP contribution is 2.29. The second-order valence-corrected chi connectivity index (χ2v) is 5.91. The lowest BCUT2D eigenvalue weighted by atomic mass is 9.99. The summed E-state index contributed by atoms with van der Waals surface area (Å²) in [4.78, 5) is 12.4. The lowest BCUT2D eigenvalue weighted by Crippen LogP contribution is -2.35. The van der Waals surface area contributed by atoms with Gasteiger partial charge in [0.2, 0.25) is 0 Å². The van der Waals surface area contributed by atoms with E-state index in [1.54, 1.807) is 18.1 Å². The maximum absolute atomic E-state index is 5.59. The van der Waals surface area contributed by atoms with Crippen LogP contribution in [-0.4, -0.2) is 29.3 Å². The smallest absolute Gasteiger partial charge is 0.139 e. The van der Waals surface area contributed by atoms with Crippen molar-refractivity contribution in [3.8, 4) is 12.3 Å². The Morgan fingerprint density at radius 3 is 3.10 bits per heavy atom. The molecule has 1 aliphatic rings. The minimum Gasteiger partial charge on any atom is -0.355 e. The van der Waals surface area contributed by atoms with E-state index < -0.39 is 0 Å². The molecular weight excluding hydrogens is 266 g/mol. The standard InChI is InChI=1S/C16H17N3S/c1-3-12-5-4-8-19(10-12)16-14-9-13(20-2)6-7-15(14)17-11-18-16/h1,6-7,9,11-12H,4-5,8,10H2,2H3. The Kier molecular flexibility index (Phi) is 3.79. The fourth-order valence-corrected chi connectivity index (χ4v) is 3.15. The molecule has 3 nitrogen and oxygen atoms in total. The second kappa shape index (κ2) is 5.72. The highest BCUT2D eigenvalue weighted by molar-refractivity contribution is 7.98. The predicted octanol–water partition coefficient (Wildman–Crippen LogP) is 3.20. The number of thioether (sulfide) groups is 1. The van der Waals surface area contributed by atoms with Gasteiger partial charge in [-0.3, -0.25) is 0 Å². The van der Waals surface area contributed by atoms with Crippen LogP contribution >= 0.6 is 11.8 Å². The molecule has 102 valence electrons. The van der Waals surface area contributed by atoms with Crippen LogP contribution in [0.1, 0.15) is 12.8 Å². The molecule has 1 saturated heterocycles. The number of benzene rings is 1. The van der Waals surface area contributed by atoms with Gasteiger partial charge in [-0.25, -0.2) is 9.97 Å². The fraction of sp³-hybridized carbons (Fsp3) is 0.375. The third-order valence-corrected chi connectivity index (χ3v) is 4.50. The zero-order valence-corrected chi connectivity index (χ0v) is 12.4. The van der Waals surface area contributed by atoms with E-state index in [0.717, 1.165) is 42.7 Å². The summed E-state index contributed by atoms with van der Waals surface area (Å²) < 4.78 is 0. The maximum Gasteiger partial charge on any atom is 0.139 e. The summed E-state index contributed by atoms with van der Waals surface area (Å²) in [7, 11) is 0. The van der Waals surface area contributed by atoms with Crippen LogP contribution in [0.3, 0.4) is 0 Å². The van der Waals surface area contributed by atoms with Crippen molar-refractivity contribution in [3.63, 3.8) is 0 Å². The number of terminal acetylenes is 1. The average molecular weight is 283 g/mol. The number of aromatic nitrogens is 2. The molecule has 0 aliphatic carbocycles. The van der Waals surface area contributed by atoms with E-state index >= 15 is 0 Å². The summed E-state index contributed by atoms with van der Waals surface area (Å²) in [6.45, 7) is 1.92. The largest absolute Gasteiger partial charge is 0.355 e. The molecule has 20 heavy (non-hydrogen) atoms. The average Bonchev–Trinajstić information content (AvgIpc) is 2.53. The number of hydrogen-bond acceptors (Lipinski definition) is 4. The molecule has 2 aromatic rings. The van der Waals surface area contributed by atoms with E-state index in [1.807, 2.05) is 0 Å². The van der Waals surface area contributed by atoms with Gasteiger partial charge in [0, 0.05) is 29.3 Å². The SMILES string of the molecule is C#CC1CCCN(c2ncnc3ccc(SC)cc23)C1. The number of hydrogen-bond donors (Lipinski definition) is 0. The maximum atomic E-state index is 5.59. The molecule has 0 spiro atoms. The third-order valence-electron chi connectivity index (χ3n) is 3.78. The van der Waals surface area contributed by atoms with Gasteiger partial charge in [0.15, 0.2) is 0 Å². The minimum atomic E-state index is 0.331. The van der Waals surface area contributed by atoms with Gasteiger partial charge in [-0.05, 0) is 37.3 Å². The molecule has 1 unspecified atom stereocenters. The molecule has 1 aromatic carbocycles. The molecule has 0 saturated carbocycles. The molecule has 0 radical (unpaired) electrons. The quantitative estimate of drug-likeness (QED) is 0.625. The Balaban J connectivity index is 2.04. The van der Waals surface area contributed by atoms with Crippen LogP contribution in [0.25, 0.3) is 10.9 Å². The van der Waals surface area contributed by atoms with Crippen LogP contribution in [-0.2, 0) is 0 Å². The topological polar surface area (TPSA) is 29.0 Å². The van der Waals surface area contributed by atoms with E-state index in [1.165, 1.54) is 4.90 Å². The summed E-state index contributed by atoms with van der Waals surface area (Å²) in [5.74, 6) is 4.24. The Morgan fingerprint density at radius 1 is 1.40 bits per heavy atom. The lowest BCUT2D eigenvalue weighted by molar-refractivity contribution is 0.495. The summed E-state index contributed by atoms with van der Waals surface area (Å²) in [6.07, 6.45) is 11.6. The Labute approximate surface area is 123 Å². The zero-order valence-electron chi connectivity index (χ0n) is 11.5. The van der Waals surface area contributed by atoms with Crippen molar-refractivity contribution in [1.29, 1.82) is 0 Å². The molecule has 0 N–H and O–H groups in total. The summed E-state index contributed by atoms with van der Waals surface area (Å²) in [5, 5.41) is 1.12. The molecule has 1 atom stereocenters. The molecule has 0 amide bonds. The molecule has 1 fully saturated rings. The van der Waals surface area contributed by atoms with Crippen LogP contribution in [0.4, 0.5) is 5.82 Å². The number of piperidine rings is 1. The summed E-state index contributed by atoms with van der Waals surface area (Å²) in [5.41, 5.74) is 0.996. The van der Waals surface area contributed by atoms with Gasteiger partial charge in [0.1, 0.15) is 12.1 Å². The Bertz CT molecular complexity index is 662. The van der Waals surface area contributed by atoms with Gasteiger partial charge in [-0.2, -0.15) is 0 Å². The molecule has 0 bridgehead atoms. The van der Waals surface area contributed by atoms with Crippen molar-refractivity contribution < 1.29 is 0 Å². The summed E-state index contributed by atoms with van der Waals surface area (Å²) >= 11 is 1.74. The highest BCUT2D eigenvalue weighted by Gasteiger charge is 2.21.